The third kappa shape index (κ3) is 2.27. The van der Waals surface area contributed by atoms with Gasteiger partial charge in [0.1, 0.15) is 6.04 Å². The van der Waals surface area contributed by atoms with Gasteiger partial charge in [0, 0.05) is 30.0 Å². The van der Waals surface area contributed by atoms with Gasteiger partial charge in [-0.15, -0.1) is 0 Å². The Bertz CT molecular complexity index is 518. The average Bonchev–Trinajstić information content (AvgIpc) is 2.81. The van der Waals surface area contributed by atoms with Gasteiger partial charge < -0.3 is 20.3 Å². The lowest BCUT2D eigenvalue weighted by Crippen LogP contribution is -2.42. The lowest BCUT2D eigenvalue weighted by Gasteiger charge is -2.34. The number of morpholine rings is 1. The van der Waals surface area contributed by atoms with Crippen molar-refractivity contribution in [3.8, 4) is 0 Å². The summed E-state index contributed by atoms with van der Waals surface area (Å²) in [6, 6.07) is 5.98. The van der Waals surface area contributed by atoms with Gasteiger partial charge in [0.05, 0.1) is 12.7 Å². The van der Waals surface area contributed by atoms with E-state index in [4.69, 9.17) is 4.74 Å². The summed E-state index contributed by atoms with van der Waals surface area (Å²) < 4.78 is 5.70. The van der Waals surface area contributed by atoms with Crippen LogP contribution in [0.1, 0.15) is 24.9 Å². The predicted octanol–water partition coefficient (Wildman–Crippen LogP) is 1.51. The molecule has 20 heavy (non-hydrogen) atoms. The molecule has 2 aliphatic heterocycles. The van der Waals surface area contributed by atoms with Gasteiger partial charge in [0.25, 0.3) is 0 Å². The van der Waals surface area contributed by atoms with Crippen LogP contribution in [0.15, 0.2) is 18.2 Å². The summed E-state index contributed by atoms with van der Waals surface area (Å²) in [6.45, 7) is 4.73. The van der Waals surface area contributed by atoms with Crippen molar-refractivity contribution >= 4 is 17.3 Å². The van der Waals surface area contributed by atoms with Crippen molar-refractivity contribution < 1.29 is 9.53 Å². The van der Waals surface area contributed by atoms with Crippen LogP contribution in [-0.2, 0) is 9.53 Å². The molecule has 1 amide bonds. The van der Waals surface area contributed by atoms with Crippen LogP contribution in [0.5, 0.6) is 0 Å². The first-order chi connectivity index (χ1) is 9.72. The quantitative estimate of drug-likeness (QED) is 0.878. The number of hydrogen-bond donors (Lipinski definition) is 2. The monoisotopic (exact) mass is 275 g/mol. The minimum absolute atomic E-state index is 0.0214. The van der Waals surface area contributed by atoms with E-state index in [0.29, 0.717) is 6.10 Å². The lowest BCUT2D eigenvalue weighted by atomic mass is 10.1. The number of carbonyl (C=O) groups is 1. The lowest BCUT2D eigenvalue weighted by molar-refractivity contribution is -0.117. The Hall–Kier alpha value is -1.59. The van der Waals surface area contributed by atoms with E-state index in [1.54, 1.807) is 7.05 Å². The van der Waals surface area contributed by atoms with Crippen molar-refractivity contribution in [1.29, 1.82) is 0 Å². The maximum atomic E-state index is 11.8. The van der Waals surface area contributed by atoms with E-state index in [2.05, 4.69) is 34.6 Å². The fraction of sp³-hybridized carbons (Fsp3) is 0.533. The fourth-order valence-electron chi connectivity index (χ4n) is 2.93. The highest BCUT2D eigenvalue weighted by molar-refractivity contribution is 6.03. The number of nitrogens with zero attached hydrogens (tertiary/aromatic N) is 1. The molecule has 0 bridgehead atoms. The number of amides is 1. The molecule has 108 valence electrons. The number of nitrogens with one attached hydrogen (secondary N) is 2. The van der Waals surface area contributed by atoms with Crippen LogP contribution >= 0.6 is 0 Å². The second-order valence-electron chi connectivity index (χ2n) is 5.33. The molecule has 3 rings (SSSR count). The first-order valence-corrected chi connectivity index (χ1v) is 7.21. The van der Waals surface area contributed by atoms with Crippen molar-refractivity contribution in [2.75, 3.05) is 37.0 Å². The molecule has 1 saturated heterocycles. The number of likely N-dealkylation sites (N-methyl/N-ethyl adjacent to an activating group) is 1. The Kier molecular flexibility index (Phi) is 3.63. The standard InChI is InChI=1S/C15H21N3O2/c1-3-11-9-18(6-7-20-11)10-4-5-12-13(8-10)17-15(19)14(12)16-2/h4-5,8,11,14,16H,3,6-7,9H2,1-2H3,(H,17,19). The summed E-state index contributed by atoms with van der Waals surface area (Å²) in [4.78, 5) is 14.2. The minimum atomic E-state index is -0.230. The zero-order valence-corrected chi connectivity index (χ0v) is 12.0. The molecule has 2 N–H and O–H groups in total. The topological polar surface area (TPSA) is 53.6 Å². The molecule has 5 nitrogen and oxygen atoms in total. The summed E-state index contributed by atoms with van der Waals surface area (Å²) in [5, 5.41) is 5.98. The van der Waals surface area contributed by atoms with Crippen LogP contribution < -0.4 is 15.5 Å². The number of rotatable bonds is 3. The Morgan fingerprint density at radius 3 is 3.10 bits per heavy atom. The highest BCUT2D eigenvalue weighted by atomic mass is 16.5. The van der Waals surface area contributed by atoms with Crippen molar-refractivity contribution in [2.45, 2.75) is 25.5 Å². The van der Waals surface area contributed by atoms with E-state index < -0.39 is 0 Å². The van der Waals surface area contributed by atoms with Crippen molar-refractivity contribution in [1.82, 2.24) is 5.32 Å². The molecule has 0 saturated carbocycles. The molecular formula is C15H21N3O2. The summed E-state index contributed by atoms with van der Waals surface area (Å²) in [6.07, 6.45) is 1.33. The molecular weight excluding hydrogens is 254 g/mol. The summed E-state index contributed by atoms with van der Waals surface area (Å²) >= 11 is 0. The van der Waals surface area contributed by atoms with E-state index >= 15 is 0 Å². The number of fused-ring (bicyclic) bond motifs is 1. The summed E-state index contributed by atoms with van der Waals surface area (Å²) in [5.74, 6) is 0.0214. The van der Waals surface area contributed by atoms with Crippen LogP contribution in [0.2, 0.25) is 0 Å². The second kappa shape index (κ2) is 5.42. The molecule has 5 heteroatoms. The first-order valence-electron chi connectivity index (χ1n) is 7.21. The Labute approximate surface area is 119 Å². The third-order valence-corrected chi connectivity index (χ3v) is 4.12. The van der Waals surface area contributed by atoms with Gasteiger partial charge in [-0.3, -0.25) is 4.79 Å². The maximum absolute atomic E-state index is 11.8. The Morgan fingerprint density at radius 1 is 1.50 bits per heavy atom. The minimum Gasteiger partial charge on any atom is -0.375 e. The number of benzene rings is 1. The van der Waals surface area contributed by atoms with E-state index in [9.17, 15) is 4.79 Å². The Balaban J connectivity index is 1.83. The van der Waals surface area contributed by atoms with Crippen molar-refractivity contribution in [2.24, 2.45) is 0 Å². The third-order valence-electron chi connectivity index (χ3n) is 4.12. The van der Waals surface area contributed by atoms with Gasteiger partial charge in [-0.25, -0.2) is 0 Å². The van der Waals surface area contributed by atoms with Crippen LogP contribution in [-0.4, -0.2) is 38.8 Å². The normalized spacial score (nSPS) is 25.5. The van der Waals surface area contributed by atoms with Crippen molar-refractivity contribution in [3.63, 3.8) is 0 Å². The maximum Gasteiger partial charge on any atom is 0.246 e. The summed E-state index contributed by atoms with van der Waals surface area (Å²) in [5.41, 5.74) is 3.11. The van der Waals surface area contributed by atoms with Crippen LogP contribution in [0.4, 0.5) is 11.4 Å². The molecule has 2 atom stereocenters. The van der Waals surface area contributed by atoms with Gasteiger partial charge in [0.2, 0.25) is 5.91 Å². The Morgan fingerprint density at radius 2 is 2.35 bits per heavy atom. The molecule has 0 spiro atoms. The van der Waals surface area contributed by atoms with E-state index in [0.717, 1.165) is 43.1 Å². The number of hydrogen-bond acceptors (Lipinski definition) is 4. The molecule has 1 aromatic carbocycles. The van der Waals surface area contributed by atoms with Crippen LogP contribution in [0, 0.1) is 0 Å². The van der Waals surface area contributed by atoms with Gasteiger partial charge in [0.15, 0.2) is 0 Å². The van der Waals surface area contributed by atoms with E-state index in [1.807, 2.05) is 6.07 Å². The summed E-state index contributed by atoms with van der Waals surface area (Å²) in [7, 11) is 1.81. The largest absolute Gasteiger partial charge is 0.375 e. The predicted molar refractivity (Wildman–Crippen MR) is 79.1 cm³/mol. The van der Waals surface area contributed by atoms with Crippen LogP contribution in [0.25, 0.3) is 0 Å². The molecule has 2 aliphatic rings. The molecule has 0 aliphatic carbocycles. The highest BCUT2D eigenvalue weighted by Gasteiger charge is 2.30. The first kappa shape index (κ1) is 13.4. The second-order valence-corrected chi connectivity index (χ2v) is 5.33. The molecule has 2 heterocycles. The molecule has 1 aromatic rings. The highest BCUT2D eigenvalue weighted by Crippen LogP contribution is 2.34. The average molecular weight is 275 g/mol. The number of anilines is 2. The van der Waals surface area contributed by atoms with Crippen LogP contribution in [0.3, 0.4) is 0 Å². The van der Waals surface area contributed by atoms with Gasteiger partial charge in [-0.05, 0) is 25.6 Å². The van der Waals surface area contributed by atoms with E-state index in [1.165, 1.54) is 0 Å². The molecule has 2 unspecified atom stereocenters. The SMILES string of the molecule is CCC1CN(c2ccc3c(c2)NC(=O)C3NC)CCO1. The fourth-order valence-corrected chi connectivity index (χ4v) is 2.93. The van der Waals surface area contributed by atoms with Gasteiger partial charge in [-0.2, -0.15) is 0 Å². The van der Waals surface area contributed by atoms with Gasteiger partial charge in [-0.1, -0.05) is 13.0 Å². The zero-order valence-electron chi connectivity index (χ0n) is 12.0. The molecule has 0 radical (unpaired) electrons. The number of ether oxygens (including phenoxy) is 1. The number of carbonyl (C=O) groups excluding carboxylic acids is 1. The molecule has 1 fully saturated rings. The van der Waals surface area contributed by atoms with Crippen molar-refractivity contribution in [3.05, 3.63) is 23.8 Å². The zero-order chi connectivity index (χ0) is 14.1. The molecule has 0 aromatic heterocycles. The van der Waals surface area contributed by atoms with Gasteiger partial charge >= 0.3 is 0 Å². The smallest absolute Gasteiger partial charge is 0.246 e. The van der Waals surface area contributed by atoms with E-state index in [-0.39, 0.29) is 11.9 Å².